The highest BCUT2D eigenvalue weighted by Gasteiger charge is 2.26. The molecule has 3 atom stereocenters. The molecule has 2 aliphatic rings. The van der Waals surface area contributed by atoms with Crippen LogP contribution in [-0.2, 0) is 9.53 Å². The van der Waals surface area contributed by atoms with Gasteiger partial charge < -0.3 is 15.8 Å². The van der Waals surface area contributed by atoms with Crippen molar-refractivity contribution in [2.24, 2.45) is 17.6 Å². The van der Waals surface area contributed by atoms with E-state index in [-0.39, 0.29) is 11.8 Å². The summed E-state index contributed by atoms with van der Waals surface area (Å²) in [7, 11) is 0. The Morgan fingerprint density at radius 3 is 2.94 bits per heavy atom. The molecule has 0 radical (unpaired) electrons. The molecule has 1 heterocycles. The van der Waals surface area contributed by atoms with Crippen LogP contribution in [0.3, 0.4) is 0 Å². The molecule has 1 aliphatic carbocycles. The Morgan fingerprint density at radius 1 is 1.38 bits per heavy atom. The highest BCUT2D eigenvalue weighted by Crippen LogP contribution is 2.24. The zero-order valence-corrected chi connectivity index (χ0v) is 9.78. The monoisotopic (exact) mass is 226 g/mol. The van der Waals surface area contributed by atoms with E-state index in [1.165, 1.54) is 12.8 Å². The predicted molar refractivity (Wildman–Crippen MR) is 61.9 cm³/mol. The molecule has 0 aromatic heterocycles. The molecule has 1 amide bonds. The molecule has 0 spiro atoms. The average Bonchev–Trinajstić information content (AvgIpc) is 2.79. The maximum Gasteiger partial charge on any atom is 0.220 e. The highest BCUT2D eigenvalue weighted by molar-refractivity contribution is 5.76. The minimum Gasteiger partial charge on any atom is -0.381 e. The quantitative estimate of drug-likeness (QED) is 0.740. The van der Waals surface area contributed by atoms with Gasteiger partial charge in [0.15, 0.2) is 0 Å². The molecule has 4 nitrogen and oxygen atoms in total. The first-order valence-corrected chi connectivity index (χ1v) is 6.36. The van der Waals surface area contributed by atoms with E-state index in [1.807, 2.05) is 0 Å². The van der Waals surface area contributed by atoms with Crippen molar-refractivity contribution in [2.45, 2.75) is 38.1 Å². The molecular formula is C12H22N2O2. The van der Waals surface area contributed by atoms with E-state index in [4.69, 9.17) is 10.5 Å². The summed E-state index contributed by atoms with van der Waals surface area (Å²) >= 11 is 0. The van der Waals surface area contributed by atoms with E-state index >= 15 is 0 Å². The molecule has 0 aromatic rings. The summed E-state index contributed by atoms with van der Waals surface area (Å²) < 4.78 is 5.34. The molecule has 1 aliphatic heterocycles. The number of hydrogen-bond acceptors (Lipinski definition) is 3. The van der Waals surface area contributed by atoms with E-state index < -0.39 is 0 Å². The van der Waals surface area contributed by atoms with Gasteiger partial charge in [0, 0.05) is 25.1 Å². The van der Waals surface area contributed by atoms with Crippen molar-refractivity contribution in [1.29, 1.82) is 0 Å². The number of nitrogens with one attached hydrogen (secondary N) is 1. The van der Waals surface area contributed by atoms with Crippen molar-refractivity contribution in [2.75, 3.05) is 19.8 Å². The van der Waals surface area contributed by atoms with Gasteiger partial charge in [-0.1, -0.05) is 6.42 Å². The SMILES string of the molecule is NC(=O)C1CCCC(NCC2CCOC2)C1. The third kappa shape index (κ3) is 3.19. The van der Waals surface area contributed by atoms with Crippen molar-refractivity contribution < 1.29 is 9.53 Å². The maximum atomic E-state index is 11.1. The summed E-state index contributed by atoms with van der Waals surface area (Å²) in [5.41, 5.74) is 5.36. The Morgan fingerprint density at radius 2 is 2.25 bits per heavy atom. The first kappa shape index (κ1) is 11.9. The second kappa shape index (κ2) is 5.64. The first-order chi connectivity index (χ1) is 7.75. The molecule has 0 aromatic carbocycles. The predicted octanol–water partition coefficient (Wildman–Crippen LogP) is 0.657. The van der Waals surface area contributed by atoms with Gasteiger partial charge in [0.05, 0.1) is 6.61 Å². The van der Waals surface area contributed by atoms with Gasteiger partial charge in [-0.05, 0) is 31.6 Å². The van der Waals surface area contributed by atoms with Gasteiger partial charge in [-0.2, -0.15) is 0 Å². The van der Waals surface area contributed by atoms with Gasteiger partial charge in [-0.15, -0.1) is 0 Å². The van der Waals surface area contributed by atoms with Gasteiger partial charge in [0.25, 0.3) is 0 Å². The molecular weight excluding hydrogens is 204 g/mol. The van der Waals surface area contributed by atoms with Crippen molar-refractivity contribution in [1.82, 2.24) is 5.32 Å². The Hall–Kier alpha value is -0.610. The van der Waals surface area contributed by atoms with Gasteiger partial charge >= 0.3 is 0 Å². The Kier molecular flexibility index (Phi) is 4.18. The van der Waals surface area contributed by atoms with Crippen LogP contribution >= 0.6 is 0 Å². The average molecular weight is 226 g/mol. The highest BCUT2D eigenvalue weighted by atomic mass is 16.5. The molecule has 3 N–H and O–H groups in total. The lowest BCUT2D eigenvalue weighted by atomic mass is 9.85. The smallest absolute Gasteiger partial charge is 0.220 e. The molecule has 2 rings (SSSR count). The number of carbonyl (C=O) groups excluding carboxylic acids is 1. The minimum atomic E-state index is -0.129. The zero-order chi connectivity index (χ0) is 11.4. The van der Waals surface area contributed by atoms with Crippen LogP contribution in [0.5, 0.6) is 0 Å². The van der Waals surface area contributed by atoms with Crippen LogP contribution in [0.1, 0.15) is 32.1 Å². The van der Waals surface area contributed by atoms with Crippen LogP contribution in [0.25, 0.3) is 0 Å². The Labute approximate surface area is 96.9 Å². The topological polar surface area (TPSA) is 64.4 Å². The summed E-state index contributed by atoms with van der Waals surface area (Å²) in [6.45, 7) is 2.82. The maximum absolute atomic E-state index is 11.1. The van der Waals surface area contributed by atoms with E-state index in [0.717, 1.165) is 39.0 Å². The largest absolute Gasteiger partial charge is 0.381 e. The van der Waals surface area contributed by atoms with E-state index in [9.17, 15) is 4.79 Å². The van der Waals surface area contributed by atoms with Gasteiger partial charge in [0.1, 0.15) is 0 Å². The van der Waals surface area contributed by atoms with Crippen molar-refractivity contribution in [3.05, 3.63) is 0 Å². The van der Waals surface area contributed by atoms with Crippen LogP contribution in [0.4, 0.5) is 0 Å². The van der Waals surface area contributed by atoms with Crippen molar-refractivity contribution in [3.8, 4) is 0 Å². The normalized spacial score (nSPS) is 35.1. The van der Waals surface area contributed by atoms with Crippen LogP contribution < -0.4 is 11.1 Å². The Bertz CT molecular complexity index is 239. The number of hydrogen-bond donors (Lipinski definition) is 2. The number of carbonyl (C=O) groups is 1. The summed E-state index contributed by atoms with van der Waals surface area (Å²) in [5, 5.41) is 3.56. The molecule has 92 valence electrons. The van der Waals surface area contributed by atoms with Gasteiger partial charge in [-0.3, -0.25) is 4.79 Å². The summed E-state index contributed by atoms with van der Waals surface area (Å²) in [6, 6.07) is 0.479. The number of ether oxygens (including phenoxy) is 1. The van der Waals surface area contributed by atoms with E-state index in [2.05, 4.69) is 5.32 Å². The standard InChI is InChI=1S/C12H22N2O2/c13-12(15)10-2-1-3-11(6-10)14-7-9-4-5-16-8-9/h9-11,14H,1-8H2,(H2,13,15). The second-order valence-electron chi connectivity index (χ2n) is 5.10. The fraction of sp³-hybridized carbons (Fsp3) is 0.917. The zero-order valence-electron chi connectivity index (χ0n) is 9.78. The van der Waals surface area contributed by atoms with Gasteiger partial charge in [0.2, 0.25) is 5.91 Å². The molecule has 1 saturated carbocycles. The summed E-state index contributed by atoms with van der Waals surface area (Å²) in [6.07, 6.45) is 5.35. The van der Waals surface area contributed by atoms with E-state index in [1.54, 1.807) is 0 Å². The van der Waals surface area contributed by atoms with Gasteiger partial charge in [-0.25, -0.2) is 0 Å². The van der Waals surface area contributed by atoms with Crippen molar-refractivity contribution in [3.63, 3.8) is 0 Å². The number of primary amides is 1. The lowest BCUT2D eigenvalue weighted by Crippen LogP contribution is -2.40. The second-order valence-corrected chi connectivity index (χ2v) is 5.10. The lowest BCUT2D eigenvalue weighted by molar-refractivity contribution is -0.122. The van der Waals surface area contributed by atoms with Crippen LogP contribution in [0.15, 0.2) is 0 Å². The molecule has 3 unspecified atom stereocenters. The number of rotatable bonds is 4. The third-order valence-corrected chi connectivity index (χ3v) is 3.80. The lowest BCUT2D eigenvalue weighted by Gasteiger charge is -2.28. The molecule has 16 heavy (non-hydrogen) atoms. The Balaban J connectivity index is 1.70. The minimum absolute atomic E-state index is 0.0890. The van der Waals surface area contributed by atoms with Crippen LogP contribution in [0, 0.1) is 11.8 Å². The molecule has 4 heteroatoms. The van der Waals surface area contributed by atoms with E-state index in [0.29, 0.717) is 12.0 Å². The van der Waals surface area contributed by atoms with Crippen LogP contribution in [-0.4, -0.2) is 31.7 Å². The first-order valence-electron chi connectivity index (χ1n) is 6.36. The summed E-state index contributed by atoms with van der Waals surface area (Å²) in [5.74, 6) is 0.621. The van der Waals surface area contributed by atoms with Crippen molar-refractivity contribution >= 4 is 5.91 Å². The fourth-order valence-electron chi connectivity index (χ4n) is 2.71. The summed E-state index contributed by atoms with van der Waals surface area (Å²) in [4.78, 5) is 11.1. The fourth-order valence-corrected chi connectivity index (χ4v) is 2.71. The number of amides is 1. The molecule has 0 bridgehead atoms. The molecule has 2 fully saturated rings. The molecule has 1 saturated heterocycles. The third-order valence-electron chi connectivity index (χ3n) is 3.80. The van der Waals surface area contributed by atoms with Crippen LogP contribution in [0.2, 0.25) is 0 Å². The number of nitrogens with two attached hydrogens (primary N) is 1.